The van der Waals surface area contributed by atoms with Crippen molar-refractivity contribution in [1.82, 2.24) is 19.4 Å². The van der Waals surface area contributed by atoms with Crippen LogP contribution in [-0.4, -0.2) is 58.0 Å². The van der Waals surface area contributed by atoms with Crippen LogP contribution in [0.4, 0.5) is 0 Å². The zero-order chi connectivity index (χ0) is 17.2. The number of amides is 1. The Labute approximate surface area is 146 Å². The second-order valence-electron chi connectivity index (χ2n) is 6.45. The number of hydrogen-bond acceptors (Lipinski definition) is 4. The van der Waals surface area contributed by atoms with E-state index < -0.39 is 0 Å². The first-order valence-electron chi connectivity index (χ1n) is 8.68. The molecule has 0 saturated carbocycles. The van der Waals surface area contributed by atoms with E-state index >= 15 is 0 Å². The molecule has 3 aromatic rings. The first-order chi connectivity index (χ1) is 12.2. The highest BCUT2D eigenvalue weighted by molar-refractivity contribution is 5.96. The lowest BCUT2D eigenvalue weighted by atomic mass is 10.2. The monoisotopic (exact) mass is 338 g/mol. The summed E-state index contributed by atoms with van der Waals surface area (Å²) in [6, 6.07) is 9.56. The normalized spacial score (nSPS) is 15.8. The van der Waals surface area contributed by atoms with Crippen molar-refractivity contribution in [2.45, 2.75) is 13.5 Å². The second-order valence-corrected chi connectivity index (χ2v) is 6.45. The van der Waals surface area contributed by atoms with Gasteiger partial charge in [-0.25, -0.2) is 4.98 Å². The van der Waals surface area contributed by atoms with Gasteiger partial charge in [-0.3, -0.25) is 9.69 Å². The van der Waals surface area contributed by atoms with E-state index in [4.69, 9.17) is 4.42 Å². The zero-order valence-electron chi connectivity index (χ0n) is 14.4. The van der Waals surface area contributed by atoms with Gasteiger partial charge < -0.3 is 13.9 Å². The number of nitrogens with zero attached hydrogens (tertiary/aromatic N) is 4. The van der Waals surface area contributed by atoms with Crippen molar-refractivity contribution in [2.75, 3.05) is 32.7 Å². The quantitative estimate of drug-likeness (QED) is 0.733. The Morgan fingerprint density at radius 1 is 1.16 bits per heavy atom. The molecule has 2 aromatic heterocycles. The minimum atomic E-state index is -0.0127. The Hall–Kier alpha value is -2.60. The lowest BCUT2D eigenvalue weighted by Gasteiger charge is -2.34. The number of carbonyl (C=O) groups is 1. The Kier molecular flexibility index (Phi) is 4.28. The Balaban J connectivity index is 1.33. The lowest BCUT2D eigenvalue weighted by Crippen LogP contribution is -2.49. The van der Waals surface area contributed by atoms with Crippen LogP contribution in [0.2, 0.25) is 0 Å². The van der Waals surface area contributed by atoms with E-state index in [1.807, 2.05) is 54.5 Å². The van der Waals surface area contributed by atoms with E-state index in [2.05, 4.69) is 14.5 Å². The number of piperazine rings is 1. The van der Waals surface area contributed by atoms with Crippen molar-refractivity contribution in [3.63, 3.8) is 0 Å². The van der Waals surface area contributed by atoms with Crippen LogP contribution in [0.5, 0.6) is 0 Å². The van der Waals surface area contributed by atoms with Gasteiger partial charge in [-0.15, -0.1) is 0 Å². The molecule has 6 nitrogen and oxygen atoms in total. The van der Waals surface area contributed by atoms with Gasteiger partial charge in [-0.05, 0) is 19.1 Å². The number of benzene rings is 1. The van der Waals surface area contributed by atoms with Gasteiger partial charge in [0.25, 0.3) is 5.91 Å². The molecular formula is C19H22N4O2. The van der Waals surface area contributed by atoms with E-state index in [0.29, 0.717) is 5.76 Å². The summed E-state index contributed by atoms with van der Waals surface area (Å²) < 4.78 is 7.86. The van der Waals surface area contributed by atoms with Gasteiger partial charge in [0, 0.05) is 57.0 Å². The molecule has 1 aromatic carbocycles. The Morgan fingerprint density at radius 2 is 1.96 bits per heavy atom. The molecule has 130 valence electrons. The van der Waals surface area contributed by atoms with Gasteiger partial charge in [0.2, 0.25) is 0 Å². The van der Waals surface area contributed by atoms with E-state index in [1.165, 1.54) is 0 Å². The van der Waals surface area contributed by atoms with Gasteiger partial charge in [0.1, 0.15) is 11.4 Å². The largest absolute Gasteiger partial charge is 0.451 e. The molecule has 0 N–H and O–H groups in total. The summed E-state index contributed by atoms with van der Waals surface area (Å²) in [5, 5.41) is 0.972. The SMILES string of the molecule is Cc1nccn1CCN1CCN(C(=O)c2cc3ccccc3o2)CC1. The molecule has 1 saturated heterocycles. The molecule has 0 radical (unpaired) electrons. The van der Waals surface area contributed by atoms with Crippen molar-refractivity contribution in [1.29, 1.82) is 0 Å². The predicted octanol–water partition coefficient (Wildman–Crippen LogP) is 2.40. The maximum Gasteiger partial charge on any atom is 0.289 e. The maximum atomic E-state index is 12.7. The summed E-state index contributed by atoms with van der Waals surface area (Å²) in [6.07, 6.45) is 3.84. The van der Waals surface area contributed by atoms with Gasteiger partial charge >= 0.3 is 0 Å². The summed E-state index contributed by atoms with van der Waals surface area (Å²) in [7, 11) is 0. The average molecular weight is 338 g/mol. The zero-order valence-corrected chi connectivity index (χ0v) is 14.4. The van der Waals surface area contributed by atoms with Gasteiger partial charge in [0.15, 0.2) is 5.76 Å². The molecule has 0 atom stereocenters. The van der Waals surface area contributed by atoms with Crippen molar-refractivity contribution in [2.24, 2.45) is 0 Å². The van der Waals surface area contributed by atoms with Gasteiger partial charge in [-0.1, -0.05) is 18.2 Å². The molecule has 0 bridgehead atoms. The van der Waals surface area contributed by atoms with Crippen LogP contribution < -0.4 is 0 Å². The standard InChI is InChI=1S/C19H22N4O2/c1-15-20-6-7-22(15)11-8-21-9-12-23(13-10-21)19(24)18-14-16-4-2-3-5-17(16)25-18/h2-7,14H,8-13H2,1H3. The smallest absolute Gasteiger partial charge is 0.289 e. The maximum absolute atomic E-state index is 12.7. The summed E-state index contributed by atoms with van der Waals surface area (Å²) in [5.74, 6) is 1.46. The number of fused-ring (bicyclic) bond motifs is 1. The number of furan rings is 1. The number of hydrogen-bond donors (Lipinski definition) is 0. The summed E-state index contributed by atoms with van der Waals surface area (Å²) in [6.45, 7) is 7.17. The first-order valence-corrected chi connectivity index (χ1v) is 8.68. The first kappa shape index (κ1) is 15.9. The van der Waals surface area contributed by atoms with Crippen LogP contribution >= 0.6 is 0 Å². The molecule has 0 unspecified atom stereocenters. The number of carbonyl (C=O) groups excluding carboxylic acids is 1. The Bertz CT molecular complexity index is 841. The molecule has 4 rings (SSSR count). The number of aryl methyl sites for hydroxylation is 1. The lowest BCUT2D eigenvalue weighted by molar-refractivity contribution is 0.0604. The molecule has 0 spiro atoms. The third-order valence-corrected chi connectivity index (χ3v) is 4.88. The van der Waals surface area contributed by atoms with Crippen molar-refractivity contribution >= 4 is 16.9 Å². The second kappa shape index (κ2) is 6.72. The summed E-state index contributed by atoms with van der Waals surface area (Å²) >= 11 is 0. The molecule has 0 aliphatic carbocycles. The fourth-order valence-corrected chi connectivity index (χ4v) is 3.31. The number of imidazole rings is 1. The highest BCUT2D eigenvalue weighted by Crippen LogP contribution is 2.20. The topological polar surface area (TPSA) is 54.5 Å². The van der Waals surface area contributed by atoms with Crippen LogP contribution in [0.1, 0.15) is 16.4 Å². The molecule has 1 fully saturated rings. The molecule has 1 amide bonds. The Morgan fingerprint density at radius 3 is 2.68 bits per heavy atom. The third kappa shape index (κ3) is 3.30. The van der Waals surface area contributed by atoms with Crippen LogP contribution in [0, 0.1) is 6.92 Å². The molecule has 1 aliphatic rings. The highest BCUT2D eigenvalue weighted by atomic mass is 16.3. The van der Waals surface area contributed by atoms with Crippen molar-refractivity contribution in [3.8, 4) is 0 Å². The van der Waals surface area contributed by atoms with E-state index in [0.717, 1.165) is 56.1 Å². The van der Waals surface area contributed by atoms with Crippen LogP contribution in [-0.2, 0) is 6.54 Å². The molecule has 6 heteroatoms. The number of aromatic nitrogens is 2. The van der Waals surface area contributed by atoms with Crippen LogP contribution in [0.25, 0.3) is 11.0 Å². The predicted molar refractivity (Wildman–Crippen MR) is 95.5 cm³/mol. The van der Waals surface area contributed by atoms with Gasteiger partial charge in [-0.2, -0.15) is 0 Å². The fraction of sp³-hybridized carbons (Fsp3) is 0.368. The average Bonchev–Trinajstić information content (AvgIpc) is 3.25. The van der Waals surface area contributed by atoms with Crippen LogP contribution in [0.3, 0.4) is 0 Å². The van der Waals surface area contributed by atoms with Gasteiger partial charge in [0.05, 0.1) is 0 Å². The van der Waals surface area contributed by atoms with Crippen molar-refractivity contribution < 1.29 is 9.21 Å². The fourth-order valence-electron chi connectivity index (χ4n) is 3.31. The van der Waals surface area contributed by atoms with E-state index in [-0.39, 0.29) is 5.91 Å². The summed E-state index contributed by atoms with van der Waals surface area (Å²) in [5.41, 5.74) is 0.764. The number of para-hydroxylation sites is 1. The summed E-state index contributed by atoms with van der Waals surface area (Å²) in [4.78, 5) is 21.2. The minimum Gasteiger partial charge on any atom is -0.451 e. The molecule has 25 heavy (non-hydrogen) atoms. The third-order valence-electron chi connectivity index (χ3n) is 4.88. The highest BCUT2D eigenvalue weighted by Gasteiger charge is 2.24. The van der Waals surface area contributed by atoms with E-state index in [1.54, 1.807) is 0 Å². The van der Waals surface area contributed by atoms with E-state index in [9.17, 15) is 4.79 Å². The molecular weight excluding hydrogens is 316 g/mol. The minimum absolute atomic E-state index is 0.0127. The van der Waals surface area contributed by atoms with Crippen molar-refractivity contribution in [3.05, 3.63) is 54.3 Å². The van der Waals surface area contributed by atoms with Crippen LogP contribution in [0.15, 0.2) is 47.1 Å². The molecule has 3 heterocycles. The molecule has 1 aliphatic heterocycles. The number of rotatable bonds is 4.